The molecule has 0 unspecified atom stereocenters. The first-order valence-electron chi connectivity index (χ1n) is 8.47. The van der Waals surface area contributed by atoms with E-state index in [0.29, 0.717) is 29.5 Å². The SMILES string of the molecule is Cc1nnsc1C(=O)NCCn1nc(-c2ccccc2)n(C2CC2)c1=O. The van der Waals surface area contributed by atoms with Gasteiger partial charge in [-0.25, -0.2) is 9.48 Å². The van der Waals surface area contributed by atoms with Gasteiger partial charge in [0.25, 0.3) is 5.91 Å². The van der Waals surface area contributed by atoms with Gasteiger partial charge < -0.3 is 5.32 Å². The van der Waals surface area contributed by atoms with Crippen LogP contribution in [0.3, 0.4) is 0 Å². The van der Waals surface area contributed by atoms with E-state index in [2.05, 4.69) is 20.0 Å². The van der Waals surface area contributed by atoms with Crippen LogP contribution >= 0.6 is 11.5 Å². The van der Waals surface area contributed by atoms with Crippen molar-refractivity contribution in [1.29, 1.82) is 0 Å². The third-order valence-electron chi connectivity index (χ3n) is 4.28. The van der Waals surface area contributed by atoms with Crippen LogP contribution in [0, 0.1) is 6.92 Å². The normalized spacial score (nSPS) is 13.7. The Bertz CT molecular complexity index is 986. The lowest BCUT2D eigenvalue weighted by Gasteiger charge is -2.03. The number of rotatable bonds is 6. The molecule has 134 valence electrons. The Kier molecular flexibility index (Phi) is 4.37. The highest BCUT2D eigenvalue weighted by molar-refractivity contribution is 7.07. The summed E-state index contributed by atoms with van der Waals surface area (Å²) < 4.78 is 6.96. The number of amides is 1. The minimum Gasteiger partial charge on any atom is -0.349 e. The van der Waals surface area contributed by atoms with Gasteiger partial charge in [0.05, 0.1) is 12.2 Å². The van der Waals surface area contributed by atoms with Crippen LogP contribution in [0.2, 0.25) is 0 Å². The summed E-state index contributed by atoms with van der Waals surface area (Å²) in [7, 11) is 0. The molecule has 0 saturated heterocycles. The van der Waals surface area contributed by atoms with Crippen LogP contribution in [0.25, 0.3) is 11.4 Å². The molecule has 9 heteroatoms. The molecule has 1 fully saturated rings. The van der Waals surface area contributed by atoms with Crippen molar-refractivity contribution in [2.75, 3.05) is 6.54 Å². The lowest BCUT2D eigenvalue weighted by molar-refractivity contribution is 0.0955. The second kappa shape index (κ2) is 6.83. The molecular weight excluding hydrogens is 352 g/mol. The molecule has 2 heterocycles. The summed E-state index contributed by atoms with van der Waals surface area (Å²) in [6.45, 7) is 2.37. The number of hydrogen-bond donors (Lipinski definition) is 1. The maximum Gasteiger partial charge on any atom is 0.346 e. The highest BCUT2D eigenvalue weighted by atomic mass is 32.1. The van der Waals surface area contributed by atoms with Gasteiger partial charge in [0.15, 0.2) is 5.82 Å². The maximum absolute atomic E-state index is 12.7. The summed E-state index contributed by atoms with van der Waals surface area (Å²) in [5.41, 5.74) is 1.40. The Morgan fingerprint density at radius 3 is 2.73 bits per heavy atom. The average molecular weight is 370 g/mol. The molecule has 0 bridgehead atoms. The molecule has 3 aromatic rings. The van der Waals surface area contributed by atoms with E-state index < -0.39 is 0 Å². The zero-order valence-electron chi connectivity index (χ0n) is 14.3. The molecule has 26 heavy (non-hydrogen) atoms. The molecule has 1 amide bonds. The number of benzene rings is 1. The standard InChI is InChI=1S/C17H18N6O2S/c1-11-14(26-21-19-11)16(24)18-9-10-22-17(25)23(13-7-8-13)15(20-22)12-5-3-2-4-6-12/h2-6,13H,7-10H2,1H3,(H,18,24). The fraction of sp³-hybridized carbons (Fsp3) is 0.353. The topological polar surface area (TPSA) is 94.7 Å². The zero-order chi connectivity index (χ0) is 18.1. The number of aryl methyl sites for hydroxylation is 1. The van der Waals surface area contributed by atoms with E-state index in [0.717, 1.165) is 29.9 Å². The quantitative estimate of drug-likeness (QED) is 0.712. The summed E-state index contributed by atoms with van der Waals surface area (Å²) in [6, 6.07) is 9.93. The Morgan fingerprint density at radius 2 is 2.08 bits per heavy atom. The monoisotopic (exact) mass is 370 g/mol. The van der Waals surface area contributed by atoms with Crippen molar-refractivity contribution in [2.24, 2.45) is 0 Å². The Morgan fingerprint density at radius 1 is 1.31 bits per heavy atom. The second-order valence-electron chi connectivity index (χ2n) is 6.24. The van der Waals surface area contributed by atoms with Gasteiger partial charge in [-0.2, -0.15) is 0 Å². The van der Waals surface area contributed by atoms with Gasteiger partial charge >= 0.3 is 5.69 Å². The molecule has 1 aliphatic rings. The van der Waals surface area contributed by atoms with Crippen LogP contribution in [0.4, 0.5) is 0 Å². The predicted molar refractivity (Wildman–Crippen MR) is 97.2 cm³/mol. The van der Waals surface area contributed by atoms with Gasteiger partial charge in [-0.05, 0) is 31.3 Å². The number of nitrogens with zero attached hydrogens (tertiary/aromatic N) is 5. The molecule has 0 radical (unpaired) electrons. The Balaban J connectivity index is 1.51. The summed E-state index contributed by atoms with van der Waals surface area (Å²) in [5, 5.41) is 11.1. The summed E-state index contributed by atoms with van der Waals surface area (Å²) >= 11 is 1.06. The van der Waals surface area contributed by atoms with E-state index in [1.165, 1.54) is 4.68 Å². The van der Waals surface area contributed by atoms with E-state index in [1.54, 1.807) is 11.5 Å². The van der Waals surface area contributed by atoms with Crippen molar-refractivity contribution in [3.8, 4) is 11.4 Å². The van der Waals surface area contributed by atoms with Gasteiger partial charge in [-0.3, -0.25) is 9.36 Å². The van der Waals surface area contributed by atoms with Crippen molar-refractivity contribution in [2.45, 2.75) is 32.4 Å². The van der Waals surface area contributed by atoms with E-state index in [1.807, 2.05) is 30.3 Å². The third kappa shape index (κ3) is 3.17. The first kappa shape index (κ1) is 16.6. The van der Waals surface area contributed by atoms with Gasteiger partial charge in [-0.15, -0.1) is 10.2 Å². The number of nitrogens with one attached hydrogen (secondary N) is 1. The summed E-state index contributed by atoms with van der Waals surface area (Å²) in [6.07, 6.45) is 2.00. The molecule has 1 N–H and O–H groups in total. The van der Waals surface area contributed by atoms with Crippen molar-refractivity contribution in [1.82, 2.24) is 29.3 Å². The Labute approximate surface area is 153 Å². The number of hydrogen-bond acceptors (Lipinski definition) is 6. The molecule has 1 aliphatic carbocycles. The molecule has 1 aromatic carbocycles. The van der Waals surface area contributed by atoms with Crippen LogP contribution in [0.1, 0.15) is 34.2 Å². The van der Waals surface area contributed by atoms with Crippen LogP contribution in [-0.4, -0.2) is 36.4 Å². The molecule has 2 aromatic heterocycles. The van der Waals surface area contributed by atoms with E-state index in [4.69, 9.17) is 0 Å². The zero-order valence-corrected chi connectivity index (χ0v) is 15.1. The first-order chi connectivity index (χ1) is 12.6. The molecule has 8 nitrogen and oxygen atoms in total. The van der Waals surface area contributed by atoms with Gasteiger partial charge in [0, 0.05) is 18.2 Å². The van der Waals surface area contributed by atoms with Crippen LogP contribution in [0.5, 0.6) is 0 Å². The molecule has 0 spiro atoms. The fourth-order valence-corrected chi connectivity index (χ4v) is 3.38. The minimum absolute atomic E-state index is 0.128. The fourth-order valence-electron chi connectivity index (χ4n) is 2.81. The van der Waals surface area contributed by atoms with Crippen LogP contribution < -0.4 is 11.0 Å². The summed E-state index contributed by atoms with van der Waals surface area (Å²) in [5.74, 6) is 0.461. The summed E-state index contributed by atoms with van der Waals surface area (Å²) in [4.78, 5) is 25.3. The second-order valence-corrected chi connectivity index (χ2v) is 6.99. The highest BCUT2D eigenvalue weighted by Gasteiger charge is 2.30. The van der Waals surface area contributed by atoms with Gasteiger partial charge in [0.1, 0.15) is 4.88 Å². The van der Waals surface area contributed by atoms with Gasteiger partial charge in [-0.1, -0.05) is 34.8 Å². The predicted octanol–water partition coefficient (Wildman–Crippen LogP) is 1.64. The maximum atomic E-state index is 12.7. The molecule has 4 rings (SSSR count). The highest BCUT2D eigenvalue weighted by Crippen LogP contribution is 2.36. The van der Waals surface area contributed by atoms with Crippen molar-refractivity contribution >= 4 is 17.4 Å². The van der Waals surface area contributed by atoms with E-state index in [9.17, 15) is 9.59 Å². The first-order valence-corrected chi connectivity index (χ1v) is 9.24. The van der Waals surface area contributed by atoms with Crippen molar-refractivity contribution in [3.05, 3.63) is 51.4 Å². The number of carbonyl (C=O) groups is 1. The molecular formula is C17H18N6O2S. The Hall–Kier alpha value is -2.81. The number of carbonyl (C=O) groups excluding carboxylic acids is 1. The number of aromatic nitrogens is 5. The van der Waals surface area contributed by atoms with E-state index >= 15 is 0 Å². The van der Waals surface area contributed by atoms with Crippen molar-refractivity contribution in [3.63, 3.8) is 0 Å². The molecule has 1 saturated carbocycles. The lowest BCUT2D eigenvalue weighted by atomic mass is 10.2. The van der Waals surface area contributed by atoms with Crippen molar-refractivity contribution < 1.29 is 4.79 Å². The van der Waals surface area contributed by atoms with E-state index in [-0.39, 0.29) is 17.6 Å². The lowest BCUT2D eigenvalue weighted by Crippen LogP contribution is -2.32. The average Bonchev–Trinajstić information content (AvgIpc) is 3.31. The van der Waals surface area contributed by atoms with Gasteiger partial charge in [0.2, 0.25) is 0 Å². The third-order valence-corrected chi connectivity index (χ3v) is 5.11. The smallest absolute Gasteiger partial charge is 0.346 e. The molecule has 0 aliphatic heterocycles. The largest absolute Gasteiger partial charge is 0.349 e. The van der Waals surface area contributed by atoms with Crippen LogP contribution in [-0.2, 0) is 6.54 Å². The minimum atomic E-state index is -0.226. The van der Waals surface area contributed by atoms with Crippen LogP contribution in [0.15, 0.2) is 35.1 Å². The molecule has 0 atom stereocenters.